The van der Waals surface area contributed by atoms with Crippen LogP contribution in [0.2, 0.25) is 0 Å². The fourth-order valence-corrected chi connectivity index (χ4v) is 1.41. The maximum atomic E-state index is 11.2. The lowest BCUT2D eigenvalue weighted by Crippen LogP contribution is -2.35. The Morgan fingerprint density at radius 1 is 1.38 bits per heavy atom. The molecule has 0 heterocycles. The van der Waals surface area contributed by atoms with E-state index < -0.39 is 0 Å². The van der Waals surface area contributed by atoms with Gasteiger partial charge in [-0.3, -0.25) is 4.79 Å². The van der Waals surface area contributed by atoms with E-state index in [1.165, 1.54) is 0 Å². The molecule has 0 aromatic heterocycles. The summed E-state index contributed by atoms with van der Waals surface area (Å²) in [6.45, 7) is 6.53. The molecule has 3 heteroatoms. The SMILES string of the molecule is CCOC(=O)C[C@H](C(C)C)N(C)C. The number of rotatable bonds is 5. The van der Waals surface area contributed by atoms with E-state index in [1.807, 2.05) is 21.0 Å². The Morgan fingerprint density at radius 2 is 1.92 bits per heavy atom. The summed E-state index contributed by atoms with van der Waals surface area (Å²) in [4.78, 5) is 13.3. The Labute approximate surface area is 81.1 Å². The van der Waals surface area contributed by atoms with Gasteiger partial charge in [-0.15, -0.1) is 0 Å². The van der Waals surface area contributed by atoms with Crippen molar-refractivity contribution >= 4 is 5.97 Å². The van der Waals surface area contributed by atoms with Crippen molar-refractivity contribution in [1.29, 1.82) is 0 Å². The van der Waals surface area contributed by atoms with E-state index in [1.54, 1.807) is 0 Å². The van der Waals surface area contributed by atoms with E-state index in [2.05, 4.69) is 18.7 Å². The van der Waals surface area contributed by atoms with Crippen LogP contribution in [0.5, 0.6) is 0 Å². The fraction of sp³-hybridized carbons (Fsp3) is 0.900. The summed E-state index contributed by atoms with van der Waals surface area (Å²) in [7, 11) is 3.98. The Hall–Kier alpha value is -0.570. The molecule has 0 amide bonds. The molecule has 0 unspecified atom stereocenters. The van der Waals surface area contributed by atoms with Crippen LogP contribution in [0, 0.1) is 5.92 Å². The number of ether oxygens (including phenoxy) is 1. The minimum absolute atomic E-state index is 0.102. The summed E-state index contributed by atoms with van der Waals surface area (Å²) >= 11 is 0. The second-order valence-electron chi connectivity index (χ2n) is 3.78. The highest BCUT2D eigenvalue weighted by atomic mass is 16.5. The van der Waals surface area contributed by atoms with Gasteiger partial charge in [0.25, 0.3) is 0 Å². The molecule has 0 aliphatic heterocycles. The molecule has 3 nitrogen and oxygen atoms in total. The molecule has 0 rings (SSSR count). The molecular formula is C10H21NO2. The molecule has 0 N–H and O–H groups in total. The number of esters is 1. The van der Waals surface area contributed by atoms with Crippen molar-refractivity contribution in [3.05, 3.63) is 0 Å². The van der Waals surface area contributed by atoms with Crippen LogP contribution in [-0.4, -0.2) is 37.6 Å². The average Bonchev–Trinajstić information content (AvgIpc) is 1.99. The van der Waals surface area contributed by atoms with Crippen LogP contribution in [0.4, 0.5) is 0 Å². The Balaban J connectivity index is 4.02. The van der Waals surface area contributed by atoms with E-state index in [0.29, 0.717) is 18.9 Å². The van der Waals surface area contributed by atoms with E-state index in [4.69, 9.17) is 4.74 Å². The van der Waals surface area contributed by atoms with E-state index in [9.17, 15) is 4.79 Å². The normalized spacial score (nSPS) is 13.5. The number of carbonyl (C=O) groups excluding carboxylic acids is 1. The summed E-state index contributed by atoms with van der Waals surface area (Å²) in [6, 6.07) is 0.277. The minimum atomic E-state index is -0.102. The molecule has 0 aliphatic carbocycles. The highest BCUT2D eigenvalue weighted by Gasteiger charge is 2.19. The third-order valence-corrected chi connectivity index (χ3v) is 2.11. The van der Waals surface area contributed by atoms with Gasteiger partial charge in [-0.05, 0) is 26.9 Å². The van der Waals surface area contributed by atoms with Crippen LogP contribution < -0.4 is 0 Å². The Kier molecular flexibility index (Phi) is 5.71. The molecule has 0 saturated carbocycles. The summed E-state index contributed by atoms with van der Waals surface area (Å²) in [5.74, 6) is 0.370. The van der Waals surface area contributed by atoms with Crippen molar-refractivity contribution in [3.63, 3.8) is 0 Å². The molecule has 0 radical (unpaired) electrons. The van der Waals surface area contributed by atoms with Gasteiger partial charge < -0.3 is 9.64 Å². The second-order valence-corrected chi connectivity index (χ2v) is 3.78. The molecule has 0 aliphatic rings. The first kappa shape index (κ1) is 12.4. The van der Waals surface area contributed by atoms with Crippen molar-refractivity contribution in [2.45, 2.75) is 33.2 Å². The predicted octanol–water partition coefficient (Wildman–Crippen LogP) is 1.53. The number of nitrogens with zero attached hydrogens (tertiary/aromatic N) is 1. The molecule has 13 heavy (non-hydrogen) atoms. The minimum Gasteiger partial charge on any atom is -0.466 e. The number of carbonyl (C=O) groups is 1. The zero-order chi connectivity index (χ0) is 10.4. The van der Waals surface area contributed by atoms with Crippen LogP contribution in [0.15, 0.2) is 0 Å². The summed E-state index contributed by atoms with van der Waals surface area (Å²) in [5, 5.41) is 0. The smallest absolute Gasteiger partial charge is 0.307 e. The summed E-state index contributed by atoms with van der Waals surface area (Å²) < 4.78 is 4.91. The zero-order valence-electron chi connectivity index (χ0n) is 9.33. The van der Waals surface area contributed by atoms with E-state index in [-0.39, 0.29) is 12.0 Å². The van der Waals surface area contributed by atoms with Gasteiger partial charge >= 0.3 is 5.97 Å². The van der Waals surface area contributed by atoms with Crippen molar-refractivity contribution in [2.24, 2.45) is 5.92 Å². The van der Waals surface area contributed by atoms with Gasteiger partial charge in [-0.1, -0.05) is 13.8 Å². The van der Waals surface area contributed by atoms with Crippen molar-refractivity contribution in [2.75, 3.05) is 20.7 Å². The lowest BCUT2D eigenvalue weighted by Gasteiger charge is -2.26. The predicted molar refractivity (Wildman–Crippen MR) is 53.6 cm³/mol. The molecule has 0 bridgehead atoms. The van der Waals surface area contributed by atoms with Gasteiger partial charge in [0.15, 0.2) is 0 Å². The first-order valence-corrected chi connectivity index (χ1v) is 4.81. The number of hydrogen-bond acceptors (Lipinski definition) is 3. The van der Waals surface area contributed by atoms with Crippen LogP contribution in [0.1, 0.15) is 27.2 Å². The monoisotopic (exact) mass is 187 g/mol. The van der Waals surface area contributed by atoms with Crippen LogP contribution in [0.25, 0.3) is 0 Å². The molecule has 0 aromatic rings. The second kappa shape index (κ2) is 5.97. The van der Waals surface area contributed by atoms with Gasteiger partial charge in [0.2, 0.25) is 0 Å². The maximum absolute atomic E-state index is 11.2. The van der Waals surface area contributed by atoms with Crippen molar-refractivity contribution < 1.29 is 9.53 Å². The highest BCUT2D eigenvalue weighted by molar-refractivity contribution is 5.70. The van der Waals surface area contributed by atoms with E-state index in [0.717, 1.165) is 0 Å². The lowest BCUT2D eigenvalue weighted by molar-refractivity contribution is -0.144. The number of hydrogen-bond donors (Lipinski definition) is 0. The van der Waals surface area contributed by atoms with Crippen LogP contribution in [-0.2, 0) is 9.53 Å². The zero-order valence-corrected chi connectivity index (χ0v) is 9.33. The average molecular weight is 187 g/mol. The largest absolute Gasteiger partial charge is 0.466 e. The molecule has 0 spiro atoms. The van der Waals surface area contributed by atoms with Gasteiger partial charge in [-0.2, -0.15) is 0 Å². The van der Waals surface area contributed by atoms with Crippen LogP contribution >= 0.6 is 0 Å². The third kappa shape index (κ3) is 4.88. The van der Waals surface area contributed by atoms with Crippen molar-refractivity contribution in [1.82, 2.24) is 4.90 Å². The molecule has 0 fully saturated rings. The van der Waals surface area contributed by atoms with Gasteiger partial charge in [0.1, 0.15) is 0 Å². The standard InChI is InChI=1S/C10H21NO2/c1-6-13-10(12)7-9(8(2)3)11(4)5/h8-9H,6-7H2,1-5H3/t9-/m1/s1. The quantitative estimate of drug-likeness (QED) is 0.611. The molecule has 0 saturated heterocycles. The van der Waals surface area contributed by atoms with Gasteiger partial charge in [0.05, 0.1) is 13.0 Å². The van der Waals surface area contributed by atoms with Gasteiger partial charge in [-0.25, -0.2) is 0 Å². The summed E-state index contributed by atoms with van der Waals surface area (Å²) in [6.07, 6.45) is 0.485. The summed E-state index contributed by atoms with van der Waals surface area (Å²) in [5.41, 5.74) is 0. The van der Waals surface area contributed by atoms with E-state index >= 15 is 0 Å². The van der Waals surface area contributed by atoms with Crippen molar-refractivity contribution in [3.8, 4) is 0 Å². The third-order valence-electron chi connectivity index (χ3n) is 2.11. The Morgan fingerprint density at radius 3 is 2.23 bits per heavy atom. The Bertz CT molecular complexity index is 147. The fourth-order valence-electron chi connectivity index (χ4n) is 1.41. The molecular weight excluding hydrogens is 166 g/mol. The first-order valence-electron chi connectivity index (χ1n) is 4.81. The highest BCUT2D eigenvalue weighted by Crippen LogP contribution is 2.12. The lowest BCUT2D eigenvalue weighted by atomic mass is 10.0. The molecule has 1 atom stereocenters. The molecule has 78 valence electrons. The topological polar surface area (TPSA) is 29.5 Å². The molecule has 0 aromatic carbocycles. The van der Waals surface area contributed by atoms with Gasteiger partial charge in [0, 0.05) is 6.04 Å². The first-order chi connectivity index (χ1) is 5.99. The van der Waals surface area contributed by atoms with Crippen LogP contribution in [0.3, 0.4) is 0 Å². The maximum Gasteiger partial charge on any atom is 0.307 e.